The normalized spacial score (nSPS) is 15.4. The largest absolute Gasteiger partial charge is 0.502 e. The Morgan fingerprint density at radius 1 is 0.524 bits per heavy atom. The molecule has 0 aromatic heterocycles. The molecule has 0 heterocycles. The fraction of sp³-hybridized carbons (Fsp3) is 1.00. The summed E-state index contributed by atoms with van der Waals surface area (Å²) in [6.07, 6.45) is 0. The van der Waals surface area contributed by atoms with Crippen molar-refractivity contribution in [2.24, 2.45) is 5.41 Å². The van der Waals surface area contributed by atoms with E-state index in [0.717, 1.165) is 6.04 Å². The van der Waals surface area contributed by atoms with Crippen LogP contribution in [0.5, 0.6) is 0 Å². The average molecular weight is 319 g/mol. The maximum absolute atomic E-state index is 6.45. The van der Waals surface area contributed by atoms with E-state index in [9.17, 15) is 0 Å². The second-order valence-electron chi connectivity index (χ2n) is 10.1. The summed E-state index contributed by atoms with van der Waals surface area (Å²) in [5, 5.41) is 0. The molecule has 0 bridgehead atoms. The summed E-state index contributed by atoms with van der Waals surface area (Å²) >= 11 is 0. The van der Waals surface area contributed by atoms with E-state index in [1.165, 1.54) is 0 Å². The highest BCUT2D eigenvalue weighted by Gasteiger charge is 2.52. The Hall–Kier alpha value is 0.0969. The third kappa shape index (κ3) is 11.3. The zero-order chi connectivity index (χ0) is 17.3. The summed E-state index contributed by atoms with van der Waals surface area (Å²) < 4.78 is 19.3. The molecule has 4 heteroatoms. The van der Waals surface area contributed by atoms with Gasteiger partial charge < -0.3 is 13.3 Å². The molecule has 128 valence electrons. The van der Waals surface area contributed by atoms with Gasteiger partial charge in [0.2, 0.25) is 0 Å². The fourth-order valence-corrected chi connectivity index (χ4v) is 6.66. The Bertz CT molecular complexity index is 254. The van der Waals surface area contributed by atoms with Gasteiger partial charge in [-0.25, -0.2) is 0 Å². The van der Waals surface area contributed by atoms with E-state index in [4.69, 9.17) is 13.3 Å². The average Bonchev–Trinajstić information content (AvgIpc) is 1.83. The standard InChI is InChI=1S/C17H38O3Si/c1-14(2,3)13-21(18-15(4,5)6,19-16(7,8)9)20-17(10,11)12/h13H2,1-12H3. The van der Waals surface area contributed by atoms with Gasteiger partial charge in [-0.3, -0.25) is 0 Å². The number of hydrogen-bond acceptors (Lipinski definition) is 3. The van der Waals surface area contributed by atoms with Crippen molar-refractivity contribution >= 4 is 8.80 Å². The highest BCUT2D eigenvalue weighted by molar-refractivity contribution is 6.61. The van der Waals surface area contributed by atoms with Gasteiger partial charge in [-0.2, -0.15) is 0 Å². The van der Waals surface area contributed by atoms with Crippen LogP contribution >= 0.6 is 0 Å². The lowest BCUT2D eigenvalue weighted by atomic mass is 10.0. The van der Waals surface area contributed by atoms with Crippen LogP contribution in [0.2, 0.25) is 6.04 Å². The zero-order valence-electron chi connectivity index (χ0n) is 16.4. The predicted molar refractivity (Wildman–Crippen MR) is 92.5 cm³/mol. The molecule has 0 unspecified atom stereocenters. The lowest BCUT2D eigenvalue weighted by molar-refractivity contribution is -0.0788. The minimum Gasteiger partial charge on any atom is -0.368 e. The van der Waals surface area contributed by atoms with Crippen LogP contribution in [0.15, 0.2) is 0 Å². The zero-order valence-corrected chi connectivity index (χ0v) is 17.4. The summed E-state index contributed by atoms with van der Waals surface area (Å²) in [4.78, 5) is 0. The van der Waals surface area contributed by atoms with Gasteiger partial charge in [0, 0.05) is 6.04 Å². The van der Waals surface area contributed by atoms with E-state index in [2.05, 4.69) is 83.1 Å². The minimum atomic E-state index is -2.84. The van der Waals surface area contributed by atoms with Crippen LogP contribution < -0.4 is 0 Å². The molecule has 0 saturated heterocycles. The van der Waals surface area contributed by atoms with E-state index in [-0.39, 0.29) is 22.2 Å². The molecule has 0 atom stereocenters. The first-order valence-electron chi connectivity index (χ1n) is 7.93. The maximum atomic E-state index is 6.45. The molecule has 0 fully saturated rings. The highest BCUT2D eigenvalue weighted by Crippen LogP contribution is 2.37. The van der Waals surface area contributed by atoms with E-state index in [1.807, 2.05) is 0 Å². The first-order valence-corrected chi connectivity index (χ1v) is 9.86. The van der Waals surface area contributed by atoms with Gasteiger partial charge in [-0.15, -0.1) is 0 Å². The molecule has 0 aromatic rings. The summed E-state index contributed by atoms with van der Waals surface area (Å²) in [5.74, 6) is 0. The van der Waals surface area contributed by atoms with Gasteiger partial charge in [-0.05, 0) is 67.7 Å². The minimum absolute atomic E-state index is 0.0774. The smallest absolute Gasteiger partial charge is 0.368 e. The molecule has 0 aliphatic carbocycles. The van der Waals surface area contributed by atoms with Gasteiger partial charge in [0.05, 0.1) is 16.8 Å². The monoisotopic (exact) mass is 318 g/mol. The van der Waals surface area contributed by atoms with Crippen LogP contribution in [0, 0.1) is 5.41 Å². The van der Waals surface area contributed by atoms with Crippen molar-refractivity contribution in [1.82, 2.24) is 0 Å². The molecule has 0 rings (SSSR count). The topological polar surface area (TPSA) is 27.7 Å². The molecule has 3 nitrogen and oxygen atoms in total. The first kappa shape index (κ1) is 21.1. The fourth-order valence-electron chi connectivity index (χ4n) is 2.22. The van der Waals surface area contributed by atoms with E-state index >= 15 is 0 Å². The van der Waals surface area contributed by atoms with Gasteiger partial charge in [0.15, 0.2) is 0 Å². The maximum Gasteiger partial charge on any atom is 0.502 e. The van der Waals surface area contributed by atoms with Crippen LogP contribution in [0.4, 0.5) is 0 Å². The van der Waals surface area contributed by atoms with Crippen molar-refractivity contribution in [2.75, 3.05) is 0 Å². The Labute approximate surface area is 134 Å². The Morgan fingerprint density at radius 3 is 0.905 bits per heavy atom. The van der Waals surface area contributed by atoms with Gasteiger partial charge in [0.1, 0.15) is 0 Å². The van der Waals surface area contributed by atoms with Crippen molar-refractivity contribution in [2.45, 2.75) is 106 Å². The van der Waals surface area contributed by atoms with Crippen LogP contribution in [0.1, 0.15) is 83.1 Å². The Kier molecular flexibility index (Phi) is 6.33. The van der Waals surface area contributed by atoms with Crippen LogP contribution in [-0.4, -0.2) is 25.6 Å². The van der Waals surface area contributed by atoms with E-state index in [0.29, 0.717) is 0 Å². The van der Waals surface area contributed by atoms with E-state index in [1.54, 1.807) is 0 Å². The second kappa shape index (κ2) is 6.30. The van der Waals surface area contributed by atoms with Gasteiger partial charge in [0.25, 0.3) is 0 Å². The molecule has 0 aliphatic heterocycles. The molecule has 21 heavy (non-hydrogen) atoms. The summed E-state index contributed by atoms with van der Waals surface area (Å²) in [7, 11) is -2.84. The lowest BCUT2D eigenvalue weighted by Gasteiger charge is -2.45. The molecule has 0 saturated carbocycles. The molecule has 0 spiro atoms. The first-order chi connectivity index (χ1) is 8.83. The highest BCUT2D eigenvalue weighted by atomic mass is 28.4. The second-order valence-corrected chi connectivity index (χ2v) is 12.4. The summed E-state index contributed by atoms with van der Waals surface area (Å²) in [6, 6.07) is 0.797. The Morgan fingerprint density at radius 2 is 0.762 bits per heavy atom. The van der Waals surface area contributed by atoms with Gasteiger partial charge >= 0.3 is 8.80 Å². The molecular weight excluding hydrogens is 280 g/mol. The molecule has 0 aromatic carbocycles. The number of hydrogen-bond donors (Lipinski definition) is 0. The van der Waals surface area contributed by atoms with Crippen LogP contribution in [0.3, 0.4) is 0 Å². The third-order valence-corrected chi connectivity index (χ3v) is 6.40. The van der Waals surface area contributed by atoms with Crippen molar-refractivity contribution in [3.8, 4) is 0 Å². The Balaban J connectivity index is 5.70. The van der Waals surface area contributed by atoms with Gasteiger partial charge in [-0.1, -0.05) is 20.8 Å². The van der Waals surface area contributed by atoms with Crippen molar-refractivity contribution < 1.29 is 13.3 Å². The lowest BCUT2D eigenvalue weighted by Crippen LogP contribution is -2.58. The SMILES string of the molecule is CC(C)(C)C[Si](OC(C)(C)C)(OC(C)(C)C)OC(C)(C)C. The molecular formula is C17H38O3Si. The summed E-state index contributed by atoms with van der Waals surface area (Å²) in [6.45, 7) is 25.2. The molecule has 0 N–H and O–H groups in total. The van der Waals surface area contributed by atoms with Crippen molar-refractivity contribution in [3.05, 3.63) is 0 Å². The summed E-state index contributed by atoms with van der Waals surface area (Å²) in [5.41, 5.74) is -0.816. The molecule has 0 amide bonds. The van der Waals surface area contributed by atoms with Crippen LogP contribution in [0.25, 0.3) is 0 Å². The van der Waals surface area contributed by atoms with Crippen molar-refractivity contribution in [3.63, 3.8) is 0 Å². The quantitative estimate of drug-likeness (QED) is 0.648. The predicted octanol–water partition coefficient (Wildman–Crippen LogP) is 5.42. The molecule has 0 radical (unpaired) electrons. The van der Waals surface area contributed by atoms with Crippen molar-refractivity contribution in [1.29, 1.82) is 0 Å². The van der Waals surface area contributed by atoms with E-state index < -0.39 is 8.80 Å². The number of rotatable bonds is 4. The third-order valence-electron chi connectivity index (χ3n) is 2.13. The van der Waals surface area contributed by atoms with Crippen LogP contribution in [-0.2, 0) is 13.3 Å². The molecule has 0 aliphatic rings.